The van der Waals surface area contributed by atoms with Gasteiger partial charge in [0.15, 0.2) is 5.67 Å². The molecule has 0 spiro atoms. The zero-order valence-electron chi connectivity index (χ0n) is 6.99. The first-order chi connectivity index (χ1) is 5.91. The summed E-state index contributed by atoms with van der Waals surface area (Å²) < 4.78 is 39.5. The standard InChI is InChI=1S/C8H11BrF3N/c9-8(11,12)7(10)3-5-1-2-6(4-7)13-5/h5-6,13H,1-4H2. The molecule has 76 valence electrons. The first kappa shape index (κ1) is 9.77. The van der Waals surface area contributed by atoms with Crippen LogP contribution in [0.2, 0.25) is 0 Å². The van der Waals surface area contributed by atoms with Gasteiger partial charge in [0.05, 0.1) is 0 Å². The Kier molecular flexibility index (Phi) is 2.15. The predicted molar refractivity (Wildman–Crippen MR) is 46.9 cm³/mol. The molecular weight excluding hydrogens is 247 g/mol. The molecule has 0 saturated carbocycles. The minimum atomic E-state index is -3.39. The summed E-state index contributed by atoms with van der Waals surface area (Å²) in [6, 6.07) is -0.126. The molecule has 0 aromatic heterocycles. The highest BCUT2D eigenvalue weighted by Gasteiger charge is 2.58. The van der Waals surface area contributed by atoms with Crippen molar-refractivity contribution >= 4 is 15.9 Å². The maximum absolute atomic E-state index is 13.8. The van der Waals surface area contributed by atoms with Gasteiger partial charge < -0.3 is 5.32 Å². The molecule has 5 heteroatoms. The molecule has 2 fully saturated rings. The van der Waals surface area contributed by atoms with Crippen molar-refractivity contribution in [2.24, 2.45) is 0 Å². The van der Waals surface area contributed by atoms with E-state index in [0.717, 1.165) is 12.8 Å². The lowest BCUT2D eigenvalue weighted by molar-refractivity contribution is -0.0846. The van der Waals surface area contributed by atoms with Gasteiger partial charge in [-0.05, 0) is 28.8 Å². The Labute approximate surface area is 83.2 Å². The van der Waals surface area contributed by atoms with E-state index in [0.29, 0.717) is 0 Å². The number of piperidine rings is 1. The number of halogens is 4. The van der Waals surface area contributed by atoms with Crippen LogP contribution in [0, 0.1) is 0 Å². The fraction of sp³-hybridized carbons (Fsp3) is 1.00. The number of hydrogen-bond acceptors (Lipinski definition) is 1. The molecule has 2 unspecified atom stereocenters. The summed E-state index contributed by atoms with van der Waals surface area (Å²) in [7, 11) is 0. The molecule has 2 atom stereocenters. The maximum Gasteiger partial charge on any atom is 0.334 e. The van der Waals surface area contributed by atoms with Crippen LogP contribution in [0.1, 0.15) is 25.7 Å². The van der Waals surface area contributed by atoms with E-state index in [1.54, 1.807) is 0 Å². The maximum atomic E-state index is 13.8. The van der Waals surface area contributed by atoms with Gasteiger partial charge in [-0.15, -0.1) is 0 Å². The highest BCUT2D eigenvalue weighted by Crippen LogP contribution is 2.48. The SMILES string of the molecule is FC(F)(Br)C1(F)CC2CCC(C1)N2. The number of alkyl halides is 4. The van der Waals surface area contributed by atoms with Crippen LogP contribution in [0.3, 0.4) is 0 Å². The molecule has 2 aliphatic heterocycles. The molecule has 2 aliphatic rings. The molecule has 2 saturated heterocycles. The number of nitrogens with one attached hydrogen (secondary N) is 1. The van der Waals surface area contributed by atoms with Gasteiger partial charge in [0.25, 0.3) is 0 Å². The zero-order chi connectivity index (χ0) is 9.69. The lowest BCUT2D eigenvalue weighted by Gasteiger charge is -2.37. The summed E-state index contributed by atoms with van der Waals surface area (Å²) in [5, 5.41) is 3.12. The number of rotatable bonds is 1. The smallest absolute Gasteiger partial charge is 0.311 e. The fourth-order valence-electron chi connectivity index (χ4n) is 2.32. The van der Waals surface area contributed by atoms with Crippen LogP contribution in [-0.2, 0) is 0 Å². The van der Waals surface area contributed by atoms with Crippen LogP contribution in [0.25, 0.3) is 0 Å². The lowest BCUT2D eigenvalue weighted by Crippen LogP contribution is -2.52. The van der Waals surface area contributed by atoms with Crippen LogP contribution in [0.5, 0.6) is 0 Å². The van der Waals surface area contributed by atoms with E-state index in [1.165, 1.54) is 0 Å². The van der Waals surface area contributed by atoms with Gasteiger partial charge >= 0.3 is 4.83 Å². The van der Waals surface area contributed by atoms with Crippen molar-refractivity contribution in [3.63, 3.8) is 0 Å². The monoisotopic (exact) mass is 257 g/mol. The van der Waals surface area contributed by atoms with Gasteiger partial charge in [0.2, 0.25) is 0 Å². The van der Waals surface area contributed by atoms with Crippen LogP contribution in [-0.4, -0.2) is 22.6 Å². The molecular formula is C8H11BrF3N. The molecule has 1 nitrogen and oxygen atoms in total. The van der Waals surface area contributed by atoms with Gasteiger partial charge in [-0.2, -0.15) is 8.78 Å². The summed E-state index contributed by atoms with van der Waals surface area (Å²) in [5.41, 5.74) is -2.36. The van der Waals surface area contributed by atoms with Crippen molar-refractivity contribution in [1.29, 1.82) is 0 Å². The molecule has 2 rings (SSSR count). The van der Waals surface area contributed by atoms with Crippen molar-refractivity contribution < 1.29 is 13.2 Å². The van der Waals surface area contributed by atoms with E-state index in [-0.39, 0.29) is 24.9 Å². The Bertz CT molecular complexity index is 204. The minimum Gasteiger partial charge on any atom is -0.311 e. The number of hydrogen-bond donors (Lipinski definition) is 1. The molecule has 0 aliphatic carbocycles. The largest absolute Gasteiger partial charge is 0.334 e. The second-order valence-corrected chi connectivity index (χ2v) is 5.01. The van der Waals surface area contributed by atoms with Gasteiger partial charge in [0, 0.05) is 24.9 Å². The van der Waals surface area contributed by atoms with E-state index in [9.17, 15) is 13.2 Å². The predicted octanol–water partition coefficient (Wildman–Crippen LogP) is 2.60. The van der Waals surface area contributed by atoms with E-state index >= 15 is 0 Å². The first-order valence-electron chi connectivity index (χ1n) is 4.42. The normalized spacial score (nSPS) is 45.2. The van der Waals surface area contributed by atoms with Crippen LogP contribution >= 0.6 is 15.9 Å². The number of fused-ring (bicyclic) bond motifs is 2. The molecule has 0 radical (unpaired) electrons. The van der Waals surface area contributed by atoms with Crippen molar-refractivity contribution in [3.05, 3.63) is 0 Å². The molecule has 1 N–H and O–H groups in total. The molecule has 13 heavy (non-hydrogen) atoms. The highest BCUT2D eigenvalue weighted by atomic mass is 79.9. The Balaban J connectivity index is 2.17. The minimum absolute atomic E-state index is 0.0628. The zero-order valence-corrected chi connectivity index (χ0v) is 8.58. The molecule has 2 bridgehead atoms. The molecule has 2 heterocycles. The summed E-state index contributed by atoms with van der Waals surface area (Å²) in [6.45, 7) is 0. The summed E-state index contributed by atoms with van der Waals surface area (Å²) >= 11 is 2.14. The topological polar surface area (TPSA) is 12.0 Å². The lowest BCUT2D eigenvalue weighted by atomic mass is 9.89. The molecule has 0 amide bonds. The van der Waals surface area contributed by atoms with E-state index in [2.05, 4.69) is 21.2 Å². The quantitative estimate of drug-likeness (QED) is 0.713. The summed E-state index contributed by atoms with van der Waals surface area (Å²) in [4.78, 5) is -3.39. The fourth-order valence-corrected chi connectivity index (χ4v) is 2.64. The summed E-state index contributed by atoms with van der Waals surface area (Å²) in [5.74, 6) is 0. The van der Waals surface area contributed by atoms with E-state index < -0.39 is 10.5 Å². The van der Waals surface area contributed by atoms with Crippen LogP contribution in [0.4, 0.5) is 13.2 Å². The van der Waals surface area contributed by atoms with Crippen molar-refractivity contribution in [2.75, 3.05) is 0 Å². The average Bonchev–Trinajstić information content (AvgIpc) is 2.28. The van der Waals surface area contributed by atoms with Crippen molar-refractivity contribution in [2.45, 2.75) is 48.3 Å². The molecule has 0 aromatic carbocycles. The van der Waals surface area contributed by atoms with Crippen LogP contribution < -0.4 is 5.32 Å². The van der Waals surface area contributed by atoms with Gasteiger partial charge in [0.1, 0.15) is 0 Å². The van der Waals surface area contributed by atoms with Crippen molar-refractivity contribution in [1.82, 2.24) is 5.32 Å². The highest BCUT2D eigenvalue weighted by molar-refractivity contribution is 9.10. The van der Waals surface area contributed by atoms with Gasteiger partial charge in [-0.3, -0.25) is 0 Å². The third-order valence-corrected chi connectivity index (χ3v) is 3.69. The van der Waals surface area contributed by atoms with E-state index in [4.69, 9.17) is 0 Å². The second kappa shape index (κ2) is 2.86. The Morgan fingerprint density at radius 3 is 2.08 bits per heavy atom. The van der Waals surface area contributed by atoms with Crippen molar-refractivity contribution in [3.8, 4) is 0 Å². The van der Waals surface area contributed by atoms with Crippen LogP contribution in [0.15, 0.2) is 0 Å². The Hall–Kier alpha value is 0.230. The third-order valence-electron chi connectivity index (χ3n) is 2.98. The average molecular weight is 258 g/mol. The van der Waals surface area contributed by atoms with Gasteiger partial charge in [-0.1, -0.05) is 0 Å². The first-order valence-corrected chi connectivity index (χ1v) is 5.22. The second-order valence-electron chi connectivity index (χ2n) is 4.01. The third kappa shape index (κ3) is 1.61. The van der Waals surface area contributed by atoms with E-state index in [1.807, 2.05) is 0 Å². The molecule has 0 aromatic rings. The Morgan fingerprint density at radius 2 is 1.69 bits per heavy atom. The summed E-state index contributed by atoms with van der Waals surface area (Å²) in [6.07, 6.45) is 1.47. The Morgan fingerprint density at radius 1 is 1.23 bits per heavy atom. The van der Waals surface area contributed by atoms with Gasteiger partial charge in [-0.25, -0.2) is 4.39 Å².